The van der Waals surface area contributed by atoms with Crippen LogP contribution in [0.5, 0.6) is 0 Å². The van der Waals surface area contributed by atoms with Gasteiger partial charge in [-0.25, -0.2) is 0 Å². The van der Waals surface area contributed by atoms with Crippen molar-refractivity contribution in [3.8, 4) is 0 Å². The minimum Gasteiger partial charge on any atom is -0.335 e. The van der Waals surface area contributed by atoms with Crippen molar-refractivity contribution in [1.82, 2.24) is 5.32 Å². The van der Waals surface area contributed by atoms with E-state index in [2.05, 4.69) is 12.2 Å². The number of hydrogen-bond donors (Lipinski definition) is 1. The minimum absolute atomic E-state index is 0.631. The Morgan fingerprint density at radius 1 is 1.25 bits per heavy atom. The second kappa shape index (κ2) is 4.34. The van der Waals surface area contributed by atoms with E-state index in [4.69, 9.17) is 0 Å². The first-order valence-electron chi connectivity index (χ1n) is 3.61. The van der Waals surface area contributed by atoms with Crippen LogP contribution in [0, 0.1) is 6.92 Å². The Morgan fingerprint density at radius 2 is 1.92 bits per heavy atom. The van der Waals surface area contributed by atoms with Gasteiger partial charge in [-0.15, -0.1) is 0 Å². The summed E-state index contributed by atoms with van der Waals surface area (Å²) in [4.78, 5) is 9.88. The maximum atomic E-state index is 9.88. The summed E-state index contributed by atoms with van der Waals surface area (Å²) in [6.45, 7) is 3.76. The number of benzene rings is 1. The number of carbonyl (C=O) groups excluding carboxylic acids is 1. The van der Waals surface area contributed by atoms with Gasteiger partial charge in [-0.1, -0.05) is 24.3 Å². The largest absolute Gasteiger partial charge is 0.335 e. The first-order chi connectivity index (χ1) is 5.83. The number of nitrogens with one attached hydrogen (secondary N) is 1. The second-order valence-electron chi connectivity index (χ2n) is 2.36. The number of amides is 1. The van der Waals surface area contributed by atoms with Gasteiger partial charge in [0, 0.05) is 6.20 Å². The van der Waals surface area contributed by atoms with Gasteiger partial charge < -0.3 is 5.32 Å². The van der Waals surface area contributed by atoms with Gasteiger partial charge in [0.1, 0.15) is 0 Å². The van der Waals surface area contributed by atoms with Crippen molar-refractivity contribution in [3.05, 3.63) is 48.5 Å². The minimum atomic E-state index is 0.631. The lowest BCUT2D eigenvalue weighted by Gasteiger charge is -1.93. The van der Waals surface area contributed by atoms with Crippen molar-refractivity contribution < 1.29 is 4.79 Å². The lowest BCUT2D eigenvalue weighted by atomic mass is 10.1. The van der Waals surface area contributed by atoms with Crippen LogP contribution in [0.25, 0.3) is 6.08 Å². The molecule has 0 fully saturated rings. The summed E-state index contributed by atoms with van der Waals surface area (Å²) >= 11 is 0. The summed E-state index contributed by atoms with van der Waals surface area (Å²) in [5, 5.41) is 2.43. The van der Waals surface area contributed by atoms with Crippen LogP contribution in [0.3, 0.4) is 0 Å². The van der Waals surface area contributed by atoms with E-state index in [1.54, 1.807) is 6.20 Å². The van der Waals surface area contributed by atoms with Gasteiger partial charge in [0.05, 0.1) is 0 Å². The zero-order valence-corrected chi connectivity index (χ0v) is 6.66. The van der Waals surface area contributed by atoms with Gasteiger partial charge >= 0.3 is 0 Å². The van der Waals surface area contributed by atoms with Gasteiger partial charge in [-0.3, -0.25) is 4.79 Å². The van der Waals surface area contributed by atoms with Crippen LogP contribution in [0.2, 0.25) is 0 Å². The summed E-state index contributed by atoms with van der Waals surface area (Å²) in [5.74, 6) is 0. The Hall–Kier alpha value is -1.57. The van der Waals surface area contributed by atoms with Gasteiger partial charge in [-0.2, -0.15) is 0 Å². The molecule has 0 aliphatic rings. The molecule has 0 heterocycles. The summed E-state index contributed by atoms with van der Waals surface area (Å²) in [7, 11) is 0. The zero-order valence-electron chi connectivity index (χ0n) is 6.66. The Balaban J connectivity index is 2.64. The van der Waals surface area contributed by atoms with Crippen molar-refractivity contribution in [2.45, 2.75) is 0 Å². The van der Waals surface area contributed by atoms with E-state index in [-0.39, 0.29) is 0 Å². The zero-order chi connectivity index (χ0) is 8.81. The molecule has 0 saturated heterocycles. The molecule has 61 valence electrons. The van der Waals surface area contributed by atoms with E-state index in [1.807, 2.05) is 30.3 Å². The lowest BCUT2D eigenvalue weighted by molar-refractivity contribution is -0.108. The maximum Gasteiger partial charge on any atom is 0.211 e. The molecule has 1 amide bonds. The quantitative estimate of drug-likeness (QED) is 0.668. The monoisotopic (exact) mass is 160 g/mol. The highest BCUT2D eigenvalue weighted by atomic mass is 16.1. The van der Waals surface area contributed by atoms with E-state index >= 15 is 0 Å². The molecule has 1 rings (SSSR count). The molecule has 0 bridgehead atoms. The normalized spacial score (nSPS) is 10.1. The number of hydrogen-bond acceptors (Lipinski definition) is 1. The Labute approximate surface area is 71.9 Å². The second-order valence-corrected chi connectivity index (χ2v) is 2.36. The van der Waals surface area contributed by atoms with Crippen molar-refractivity contribution in [3.63, 3.8) is 0 Å². The molecule has 0 saturated carbocycles. The van der Waals surface area contributed by atoms with Gasteiger partial charge in [0.25, 0.3) is 0 Å². The molecule has 0 aliphatic carbocycles. The van der Waals surface area contributed by atoms with E-state index in [9.17, 15) is 4.79 Å². The van der Waals surface area contributed by atoms with Crippen LogP contribution in [0.15, 0.2) is 30.5 Å². The van der Waals surface area contributed by atoms with Crippen LogP contribution in [-0.4, -0.2) is 6.41 Å². The third-order valence-electron chi connectivity index (χ3n) is 1.42. The summed E-state index contributed by atoms with van der Waals surface area (Å²) < 4.78 is 0. The van der Waals surface area contributed by atoms with Crippen molar-refractivity contribution >= 4 is 12.5 Å². The van der Waals surface area contributed by atoms with Crippen molar-refractivity contribution in [2.24, 2.45) is 0 Å². The van der Waals surface area contributed by atoms with E-state index in [1.165, 1.54) is 0 Å². The summed E-state index contributed by atoms with van der Waals surface area (Å²) in [6.07, 6.45) is 4.03. The predicted octanol–water partition coefficient (Wildman–Crippen LogP) is 1.59. The van der Waals surface area contributed by atoms with Gasteiger partial charge in [-0.05, 0) is 24.1 Å². The lowest BCUT2D eigenvalue weighted by Crippen LogP contribution is -1.97. The molecule has 0 atom stereocenters. The molecule has 2 nitrogen and oxygen atoms in total. The van der Waals surface area contributed by atoms with E-state index < -0.39 is 0 Å². The fourth-order valence-electron chi connectivity index (χ4n) is 0.812. The molecular formula is C10H10NO. The number of rotatable bonds is 3. The Bertz CT molecular complexity index is 274. The smallest absolute Gasteiger partial charge is 0.211 e. The molecule has 1 aromatic carbocycles. The van der Waals surface area contributed by atoms with E-state index in [0.717, 1.165) is 11.1 Å². The summed E-state index contributed by atoms with van der Waals surface area (Å²) in [5.41, 5.74) is 2.02. The average Bonchev–Trinajstić information content (AvgIpc) is 2.09. The first-order valence-corrected chi connectivity index (χ1v) is 3.61. The van der Waals surface area contributed by atoms with Crippen LogP contribution in [-0.2, 0) is 4.79 Å². The molecule has 1 aromatic rings. The highest BCUT2D eigenvalue weighted by Crippen LogP contribution is 2.03. The highest BCUT2D eigenvalue weighted by Gasteiger charge is 1.84. The van der Waals surface area contributed by atoms with Crippen molar-refractivity contribution in [2.75, 3.05) is 0 Å². The molecule has 0 unspecified atom stereocenters. The molecule has 0 spiro atoms. The Kier molecular flexibility index (Phi) is 3.08. The molecular weight excluding hydrogens is 150 g/mol. The standard InChI is InChI=1S/C10H10NO/c1-9-2-4-10(5-3-9)6-7-11-8-12/h2-8H,1H2,(H,11,12). The van der Waals surface area contributed by atoms with Crippen LogP contribution in [0.1, 0.15) is 11.1 Å². The topological polar surface area (TPSA) is 29.1 Å². The third kappa shape index (κ3) is 2.58. The molecule has 12 heavy (non-hydrogen) atoms. The van der Waals surface area contributed by atoms with E-state index in [0.29, 0.717) is 6.41 Å². The fraction of sp³-hybridized carbons (Fsp3) is 0. The van der Waals surface area contributed by atoms with Gasteiger partial charge in [0.2, 0.25) is 6.41 Å². The van der Waals surface area contributed by atoms with Crippen LogP contribution < -0.4 is 5.32 Å². The van der Waals surface area contributed by atoms with Crippen LogP contribution in [0.4, 0.5) is 0 Å². The molecule has 2 heteroatoms. The Morgan fingerprint density at radius 3 is 2.50 bits per heavy atom. The fourth-order valence-corrected chi connectivity index (χ4v) is 0.812. The van der Waals surface area contributed by atoms with Crippen molar-refractivity contribution in [1.29, 1.82) is 0 Å². The molecule has 1 radical (unpaired) electrons. The highest BCUT2D eigenvalue weighted by molar-refractivity contribution is 5.55. The van der Waals surface area contributed by atoms with Gasteiger partial charge in [0.15, 0.2) is 0 Å². The SMILES string of the molecule is [CH2]c1ccc(C=CNC=O)cc1. The number of carbonyl (C=O) groups is 1. The molecule has 0 aliphatic heterocycles. The molecule has 1 N–H and O–H groups in total. The average molecular weight is 160 g/mol. The molecule has 0 aromatic heterocycles. The maximum absolute atomic E-state index is 9.88. The summed E-state index contributed by atoms with van der Waals surface area (Å²) in [6, 6.07) is 7.71. The van der Waals surface area contributed by atoms with Crippen LogP contribution >= 0.6 is 0 Å². The third-order valence-corrected chi connectivity index (χ3v) is 1.42. The predicted molar refractivity (Wildman–Crippen MR) is 49.1 cm³/mol. The first kappa shape index (κ1) is 8.53.